The van der Waals surface area contributed by atoms with Crippen molar-refractivity contribution in [2.75, 3.05) is 0 Å². The Bertz CT molecular complexity index is 1150. The minimum atomic E-state index is 0.0145. The summed E-state index contributed by atoms with van der Waals surface area (Å²) >= 11 is 0. The van der Waals surface area contributed by atoms with Crippen LogP contribution in [0.25, 0.3) is 16.7 Å². The number of ketones is 1. The largest absolute Gasteiger partial charge is 0.438 e. The molecular weight excluding hydrogens is 340 g/mol. The minimum absolute atomic E-state index is 0.0145. The average molecular weight is 358 g/mol. The van der Waals surface area contributed by atoms with Crippen molar-refractivity contribution in [2.24, 2.45) is 0 Å². The fourth-order valence-corrected chi connectivity index (χ4v) is 2.82. The van der Waals surface area contributed by atoms with Crippen LogP contribution in [0.5, 0.6) is 11.6 Å². The van der Waals surface area contributed by atoms with Crippen molar-refractivity contribution in [3.8, 4) is 17.3 Å². The summed E-state index contributed by atoms with van der Waals surface area (Å²) in [5, 5.41) is 5.18. The first kappa shape index (κ1) is 16.9. The molecule has 0 unspecified atom stereocenters. The molecule has 0 aliphatic heterocycles. The van der Waals surface area contributed by atoms with Gasteiger partial charge < -0.3 is 4.74 Å². The van der Waals surface area contributed by atoms with Gasteiger partial charge in [-0.25, -0.2) is 14.6 Å². The number of nitrogens with zero attached hydrogens (tertiary/aromatic N) is 4. The molecule has 0 radical (unpaired) electrons. The maximum absolute atomic E-state index is 11.4. The fourth-order valence-electron chi connectivity index (χ4n) is 2.82. The Morgan fingerprint density at radius 3 is 2.48 bits per heavy atom. The number of carbonyl (C=O) groups excluding carboxylic acids is 1. The highest BCUT2D eigenvalue weighted by atomic mass is 16.5. The number of hydrogen-bond donors (Lipinski definition) is 0. The van der Waals surface area contributed by atoms with Gasteiger partial charge in [-0.1, -0.05) is 6.07 Å². The first-order chi connectivity index (χ1) is 13.0. The zero-order valence-electron chi connectivity index (χ0n) is 15.3. The predicted molar refractivity (Wildman–Crippen MR) is 103 cm³/mol. The molecule has 0 saturated carbocycles. The van der Waals surface area contributed by atoms with Gasteiger partial charge >= 0.3 is 0 Å². The van der Waals surface area contributed by atoms with Gasteiger partial charge in [0.2, 0.25) is 5.88 Å². The van der Waals surface area contributed by atoms with E-state index in [9.17, 15) is 4.79 Å². The van der Waals surface area contributed by atoms with E-state index in [1.54, 1.807) is 35.1 Å². The van der Waals surface area contributed by atoms with E-state index in [-0.39, 0.29) is 5.78 Å². The molecule has 134 valence electrons. The number of Topliss-reactive ketones (excluding diaryl/α,β-unsaturated/α-hetero) is 1. The van der Waals surface area contributed by atoms with Gasteiger partial charge in [0, 0.05) is 5.56 Å². The van der Waals surface area contributed by atoms with E-state index in [0.29, 0.717) is 28.2 Å². The Balaban J connectivity index is 1.72. The van der Waals surface area contributed by atoms with Crippen LogP contribution in [-0.4, -0.2) is 25.5 Å². The van der Waals surface area contributed by atoms with Crippen molar-refractivity contribution < 1.29 is 9.53 Å². The molecule has 4 aromatic rings. The van der Waals surface area contributed by atoms with Gasteiger partial charge in [0.15, 0.2) is 11.4 Å². The molecule has 0 fully saturated rings. The number of ether oxygens (including phenoxy) is 1. The highest BCUT2D eigenvalue weighted by molar-refractivity contribution is 5.94. The van der Waals surface area contributed by atoms with Crippen molar-refractivity contribution in [2.45, 2.75) is 20.8 Å². The first-order valence-corrected chi connectivity index (χ1v) is 8.58. The van der Waals surface area contributed by atoms with Gasteiger partial charge in [-0.05, 0) is 68.3 Å². The highest BCUT2D eigenvalue weighted by Crippen LogP contribution is 2.28. The molecule has 6 nitrogen and oxygen atoms in total. The van der Waals surface area contributed by atoms with Gasteiger partial charge in [-0.2, -0.15) is 5.10 Å². The number of carbonyl (C=O) groups is 1. The SMILES string of the molecule is CC(=O)c1ccc(Oc2ncnc3c2cnn3-c2ccc(C)c(C)c2)cc1. The Labute approximate surface area is 156 Å². The molecule has 2 aromatic carbocycles. The number of aryl methyl sites for hydroxylation is 2. The monoisotopic (exact) mass is 358 g/mol. The van der Waals surface area contributed by atoms with Crippen molar-refractivity contribution in [1.29, 1.82) is 0 Å². The molecule has 2 aromatic heterocycles. The summed E-state index contributed by atoms with van der Waals surface area (Å²) in [5.74, 6) is 1.03. The lowest BCUT2D eigenvalue weighted by Gasteiger charge is -2.08. The Kier molecular flexibility index (Phi) is 4.16. The Morgan fingerprint density at radius 2 is 1.78 bits per heavy atom. The molecule has 0 spiro atoms. The standard InChI is InChI=1S/C21H18N4O2/c1-13-4-7-17(10-14(13)2)25-20-19(11-24-25)21(23-12-22-20)27-18-8-5-16(6-9-18)15(3)26/h4-12H,1-3H3. The molecule has 0 N–H and O–H groups in total. The third-order valence-electron chi connectivity index (χ3n) is 4.54. The third-order valence-corrected chi connectivity index (χ3v) is 4.54. The average Bonchev–Trinajstić information content (AvgIpc) is 3.10. The third kappa shape index (κ3) is 3.17. The maximum Gasteiger partial charge on any atom is 0.233 e. The second kappa shape index (κ2) is 6.64. The maximum atomic E-state index is 11.4. The van der Waals surface area contributed by atoms with Crippen LogP contribution < -0.4 is 4.74 Å². The number of hydrogen-bond acceptors (Lipinski definition) is 5. The smallest absolute Gasteiger partial charge is 0.233 e. The summed E-state index contributed by atoms with van der Waals surface area (Å²) in [6.45, 7) is 5.68. The van der Waals surface area contributed by atoms with E-state index in [4.69, 9.17) is 4.74 Å². The number of aromatic nitrogens is 4. The molecule has 0 bridgehead atoms. The van der Waals surface area contributed by atoms with Crippen LogP contribution in [0, 0.1) is 13.8 Å². The summed E-state index contributed by atoms with van der Waals surface area (Å²) in [6, 6.07) is 13.1. The van der Waals surface area contributed by atoms with Gasteiger partial charge in [0.25, 0.3) is 0 Å². The second-order valence-corrected chi connectivity index (χ2v) is 6.42. The van der Waals surface area contributed by atoms with Gasteiger partial charge in [-0.15, -0.1) is 0 Å². The quantitative estimate of drug-likeness (QED) is 0.505. The summed E-state index contributed by atoms with van der Waals surface area (Å²) in [6.07, 6.45) is 3.16. The molecule has 6 heteroatoms. The molecule has 0 aliphatic rings. The summed E-state index contributed by atoms with van der Waals surface area (Å²) in [4.78, 5) is 20.0. The van der Waals surface area contributed by atoms with Crippen LogP contribution in [0.15, 0.2) is 55.0 Å². The van der Waals surface area contributed by atoms with Gasteiger partial charge in [0.1, 0.15) is 17.5 Å². The lowest BCUT2D eigenvalue weighted by atomic mass is 10.1. The van der Waals surface area contributed by atoms with E-state index in [0.717, 1.165) is 5.69 Å². The number of fused-ring (bicyclic) bond motifs is 1. The lowest BCUT2D eigenvalue weighted by Crippen LogP contribution is -1.99. The van der Waals surface area contributed by atoms with Crippen molar-refractivity contribution in [3.63, 3.8) is 0 Å². The van der Waals surface area contributed by atoms with Crippen molar-refractivity contribution in [1.82, 2.24) is 19.7 Å². The number of rotatable bonds is 4. The van der Waals surface area contributed by atoms with E-state index < -0.39 is 0 Å². The molecule has 0 amide bonds. The normalized spacial score (nSPS) is 10.9. The molecule has 0 aliphatic carbocycles. The Hall–Kier alpha value is -3.54. The molecule has 0 saturated heterocycles. The van der Waals surface area contributed by atoms with Crippen LogP contribution in [-0.2, 0) is 0 Å². The van der Waals surface area contributed by atoms with E-state index in [1.807, 2.05) is 6.07 Å². The van der Waals surface area contributed by atoms with Crippen LogP contribution in [0.3, 0.4) is 0 Å². The lowest BCUT2D eigenvalue weighted by molar-refractivity contribution is 0.101. The van der Waals surface area contributed by atoms with E-state index in [2.05, 4.69) is 41.0 Å². The summed E-state index contributed by atoms with van der Waals surface area (Å²) in [5.41, 5.74) is 4.65. The minimum Gasteiger partial charge on any atom is -0.438 e. The van der Waals surface area contributed by atoms with E-state index in [1.165, 1.54) is 24.4 Å². The van der Waals surface area contributed by atoms with Crippen LogP contribution in [0.1, 0.15) is 28.4 Å². The number of benzene rings is 2. The van der Waals surface area contributed by atoms with Crippen molar-refractivity contribution in [3.05, 3.63) is 71.7 Å². The van der Waals surface area contributed by atoms with Gasteiger partial charge in [0.05, 0.1) is 11.9 Å². The van der Waals surface area contributed by atoms with E-state index >= 15 is 0 Å². The molecule has 27 heavy (non-hydrogen) atoms. The predicted octanol–water partition coefficient (Wildman–Crippen LogP) is 4.43. The van der Waals surface area contributed by atoms with Gasteiger partial charge in [-0.3, -0.25) is 4.79 Å². The highest BCUT2D eigenvalue weighted by Gasteiger charge is 2.13. The zero-order chi connectivity index (χ0) is 19.0. The second-order valence-electron chi connectivity index (χ2n) is 6.42. The van der Waals surface area contributed by atoms with Crippen molar-refractivity contribution >= 4 is 16.8 Å². The topological polar surface area (TPSA) is 69.9 Å². The first-order valence-electron chi connectivity index (χ1n) is 8.58. The summed E-state index contributed by atoms with van der Waals surface area (Å²) in [7, 11) is 0. The molecule has 0 atom stereocenters. The van der Waals surface area contributed by atoms with Crippen LogP contribution in [0.4, 0.5) is 0 Å². The molecular formula is C21H18N4O2. The van der Waals surface area contributed by atoms with Crippen LogP contribution in [0.2, 0.25) is 0 Å². The molecule has 2 heterocycles. The van der Waals surface area contributed by atoms with Crippen LogP contribution >= 0.6 is 0 Å². The summed E-state index contributed by atoms with van der Waals surface area (Å²) < 4.78 is 7.68. The zero-order valence-corrected chi connectivity index (χ0v) is 15.3. The molecule has 4 rings (SSSR count). The fraction of sp³-hybridized carbons (Fsp3) is 0.143. The Morgan fingerprint density at radius 1 is 1.00 bits per heavy atom.